The fraction of sp³-hybridized carbons (Fsp3) is 0.500. The maximum absolute atomic E-state index is 12.8. The lowest BCUT2D eigenvalue weighted by molar-refractivity contribution is -0.134. The van der Waals surface area contributed by atoms with E-state index in [9.17, 15) is 23.1 Å². The average Bonchev–Trinajstić information content (AvgIpc) is 3.25. The summed E-state index contributed by atoms with van der Waals surface area (Å²) in [6.07, 6.45) is 3.27. The second-order valence-electron chi connectivity index (χ2n) is 7.67. The van der Waals surface area contributed by atoms with Gasteiger partial charge in [-0.1, -0.05) is 12.2 Å². The first-order chi connectivity index (χ1) is 14.8. The van der Waals surface area contributed by atoms with Crippen LogP contribution in [0.1, 0.15) is 29.0 Å². The zero-order valence-corrected chi connectivity index (χ0v) is 17.5. The standard InChI is InChI=1S/C20H24F3N5O2S/c21-20(22,23)17-5-4-15(31-17)10-28-12-24-18(26-19(28)30)27-8-6-13(7-9-27)16-3-1-2-14(11-29)25-16/h3-6,11-12,14,18-19,25-26,30H,1-2,7-10H2. The van der Waals surface area contributed by atoms with E-state index >= 15 is 0 Å². The Morgan fingerprint density at radius 1 is 1.32 bits per heavy atom. The summed E-state index contributed by atoms with van der Waals surface area (Å²) in [4.78, 5) is 18.8. The number of carbonyl (C=O) groups excluding carboxylic acids is 1. The highest BCUT2D eigenvalue weighted by Crippen LogP contribution is 2.35. The molecule has 0 saturated heterocycles. The number of thiophene rings is 1. The lowest BCUT2D eigenvalue weighted by atomic mass is 9.98. The number of hydrogen-bond acceptors (Lipinski definition) is 8. The molecule has 4 heterocycles. The van der Waals surface area contributed by atoms with E-state index in [1.807, 2.05) is 0 Å². The van der Waals surface area contributed by atoms with Crippen molar-refractivity contribution in [3.8, 4) is 0 Å². The number of aliphatic hydroxyl groups excluding tert-OH is 1. The van der Waals surface area contributed by atoms with E-state index in [-0.39, 0.29) is 12.6 Å². The molecule has 0 saturated carbocycles. The van der Waals surface area contributed by atoms with Gasteiger partial charge in [-0.05, 0) is 37.0 Å². The third-order valence-electron chi connectivity index (χ3n) is 5.51. The molecule has 0 amide bonds. The summed E-state index contributed by atoms with van der Waals surface area (Å²) in [5.74, 6) is 0. The number of nitrogens with zero attached hydrogens (tertiary/aromatic N) is 3. The van der Waals surface area contributed by atoms with Crippen LogP contribution in [0.25, 0.3) is 0 Å². The zero-order valence-electron chi connectivity index (χ0n) is 16.7. The van der Waals surface area contributed by atoms with E-state index in [0.29, 0.717) is 22.8 Å². The van der Waals surface area contributed by atoms with Crippen LogP contribution in [0.15, 0.2) is 40.5 Å². The Bertz CT molecular complexity index is 898. The normalized spacial score (nSPS) is 27.5. The number of aliphatic imine (C=N–C) groups is 1. The first-order valence-electron chi connectivity index (χ1n) is 10.1. The maximum atomic E-state index is 12.8. The topological polar surface area (TPSA) is 80.2 Å². The summed E-state index contributed by atoms with van der Waals surface area (Å²) in [5, 5.41) is 16.7. The van der Waals surface area contributed by atoms with Crippen LogP contribution in [0.2, 0.25) is 0 Å². The molecule has 168 valence electrons. The van der Waals surface area contributed by atoms with Gasteiger partial charge in [0, 0.05) is 23.7 Å². The molecule has 11 heteroatoms. The van der Waals surface area contributed by atoms with Crippen LogP contribution >= 0.6 is 11.3 Å². The third kappa shape index (κ3) is 5.17. The molecule has 0 aromatic carbocycles. The lowest BCUT2D eigenvalue weighted by Crippen LogP contribution is -2.58. The minimum Gasteiger partial charge on any atom is -0.376 e. The Morgan fingerprint density at radius 2 is 2.16 bits per heavy atom. The molecule has 4 rings (SSSR count). The fourth-order valence-electron chi connectivity index (χ4n) is 3.82. The van der Waals surface area contributed by atoms with Gasteiger partial charge in [0.05, 0.1) is 18.9 Å². The SMILES string of the molecule is O=CC1CCC=C(C2=CCN(C3N=CN(Cc4ccc(C(F)(F)F)s4)C(O)N3)CC2)N1. The van der Waals surface area contributed by atoms with Gasteiger partial charge in [-0.25, -0.2) is 10.3 Å². The molecule has 1 aromatic heterocycles. The van der Waals surface area contributed by atoms with E-state index < -0.39 is 23.7 Å². The summed E-state index contributed by atoms with van der Waals surface area (Å²) < 4.78 is 38.3. The van der Waals surface area contributed by atoms with E-state index in [4.69, 9.17) is 0 Å². The Balaban J connectivity index is 1.34. The highest BCUT2D eigenvalue weighted by atomic mass is 32.1. The molecule has 3 unspecified atom stereocenters. The molecular formula is C20H24F3N5O2S. The second-order valence-corrected chi connectivity index (χ2v) is 8.84. The number of halogens is 3. The van der Waals surface area contributed by atoms with Gasteiger partial charge in [-0.3, -0.25) is 4.90 Å². The van der Waals surface area contributed by atoms with Gasteiger partial charge in [0.25, 0.3) is 0 Å². The van der Waals surface area contributed by atoms with Gasteiger partial charge in [-0.2, -0.15) is 13.2 Å². The highest BCUT2D eigenvalue weighted by Gasteiger charge is 2.33. The van der Waals surface area contributed by atoms with Gasteiger partial charge in [0.2, 0.25) is 0 Å². The molecule has 7 nitrogen and oxygen atoms in total. The zero-order chi connectivity index (χ0) is 22.0. The van der Waals surface area contributed by atoms with Crippen molar-refractivity contribution in [2.45, 2.75) is 50.7 Å². The first-order valence-corrected chi connectivity index (χ1v) is 10.9. The Morgan fingerprint density at radius 3 is 2.81 bits per heavy atom. The number of aliphatic hydroxyl groups is 1. The van der Waals surface area contributed by atoms with E-state index in [0.717, 1.165) is 43.9 Å². The third-order valence-corrected chi connectivity index (χ3v) is 6.63. The molecule has 3 N–H and O–H groups in total. The Kier molecular flexibility index (Phi) is 6.47. The largest absolute Gasteiger partial charge is 0.425 e. The molecule has 0 spiro atoms. The minimum absolute atomic E-state index is 0.132. The number of aldehydes is 1. The fourth-order valence-corrected chi connectivity index (χ4v) is 4.71. The molecule has 3 atom stereocenters. The Hall–Kier alpha value is -2.21. The van der Waals surface area contributed by atoms with Crippen LogP contribution in [-0.4, -0.2) is 59.3 Å². The number of carbonyl (C=O) groups is 1. The molecule has 0 bridgehead atoms. The van der Waals surface area contributed by atoms with Crippen molar-refractivity contribution in [3.63, 3.8) is 0 Å². The van der Waals surface area contributed by atoms with Gasteiger partial charge in [0.1, 0.15) is 11.2 Å². The molecule has 0 radical (unpaired) electrons. The average molecular weight is 456 g/mol. The van der Waals surface area contributed by atoms with Gasteiger partial charge in [-0.15, -0.1) is 11.3 Å². The number of alkyl halides is 3. The van der Waals surface area contributed by atoms with Crippen molar-refractivity contribution in [2.75, 3.05) is 13.1 Å². The van der Waals surface area contributed by atoms with Gasteiger partial charge >= 0.3 is 6.18 Å². The van der Waals surface area contributed by atoms with Crippen molar-refractivity contribution in [1.29, 1.82) is 0 Å². The van der Waals surface area contributed by atoms with Crippen molar-refractivity contribution < 1.29 is 23.1 Å². The van der Waals surface area contributed by atoms with Gasteiger partial charge in [0.15, 0.2) is 12.6 Å². The number of rotatable bonds is 5. The molecule has 1 aromatic rings. The predicted octanol–water partition coefficient (Wildman–Crippen LogP) is 2.23. The lowest BCUT2D eigenvalue weighted by Gasteiger charge is -2.39. The summed E-state index contributed by atoms with van der Waals surface area (Å²) in [5.41, 5.74) is 2.19. The highest BCUT2D eigenvalue weighted by molar-refractivity contribution is 7.12. The molecule has 3 aliphatic rings. The number of allylic oxidation sites excluding steroid dienone is 2. The predicted molar refractivity (Wildman–Crippen MR) is 111 cm³/mol. The van der Waals surface area contributed by atoms with Crippen molar-refractivity contribution in [3.05, 3.63) is 45.3 Å². The van der Waals surface area contributed by atoms with Crippen molar-refractivity contribution in [2.24, 2.45) is 4.99 Å². The van der Waals surface area contributed by atoms with Crippen LogP contribution in [-0.2, 0) is 17.5 Å². The van der Waals surface area contributed by atoms with E-state index in [1.54, 1.807) is 0 Å². The first kappa shape index (κ1) is 22.0. The van der Waals surface area contributed by atoms with E-state index in [1.165, 1.54) is 22.9 Å². The van der Waals surface area contributed by atoms with Crippen molar-refractivity contribution >= 4 is 24.0 Å². The summed E-state index contributed by atoms with van der Waals surface area (Å²) in [6, 6.07) is 2.33. The van der Waals surface area contributed by atoms with Crippen LogP contribution in [0.5, 0.6) is 0 Å². The number of nitrogens with one attached hydrogen (secondary N) is 2. The smallest absolute Gasteiger partial charge is 0.376 e. The monoisotopic (exact) mass is 455 g/mol. The van der Waals surface area contributed by atoms with Crippen molar-refractivity contribution in [1.82, 2.24) is 20.4 Å². The Labute approximate surface area is 181 Å². The molecule has 0 aliphatic carbocycles. The van der Waals surface area contributed by atoms with Crippen LogP contribution in [0.4, 0.5) is 13.2 Å². The minimum atomic E-state index is -4.36. The quantitative estimate of drug-likeness (QED) is 0.591. The van der Waals surface area contributed by atoms with E-state index in [2.05, 4.69) is 32.7 Å². The van der Waals surface area contributed by atoms with Crippen LogP contribution in [0.3, 0.4) is 0 Å². The van der Waals surface area contributed by atoms with Crippen LogP contribution < -0.4 is 10.6 Å². The molecular weight excluding hydrogens is 431 g/mol. The molecule has 31 heavy (non-hydrogen) atoms. The molecule has 3 aliphatic heterocycles. The summed E-state index contributed by atoms with van der Waals surface area (Å²) in [7, 11) is 0. The maximum Gasteiger partial charge on any atom is 0.425 e. The summed E-state index contributed by atoms with van der Waals surface area (Å²) in [6.45, 7) is 1.48. The second kappa shape index (κ2) is 9.11. The van der Waals surface area contributed by atoms with Gasteiger partial charge < -0.3 is 20.1 Å². The number of hydrogen-bond donors (Lipinski definition) is 3. The van der Waals surface area contributed by atoms with Crippen LogP contribution in [0, 0.1) is 0 Å². The summed E-state index contributed by atoms with van der Waals surface area (Å²) >= 11 is 0.661. The molecule has 0 fully saturated rings.